The number of carbonyl (C=O) groups is 1. The monoisotopic (exact) mass is 435 g/mol. The molecule has 1 fully saturated rings. The molecule has 0 aliphatic carbocycles. The first-order valence-corrected chi connectivity index (χ1v) is 11.6. The molecule has 2 aliphatic heterocycles. The van der Waals surface area contributed by atoms with Gasteiger partial charge in [-0.05, 0) is 48.9 Å². The Morgan fingerprint density at radius 2 is 2.19 bits per heavy atom. The molecule has 0 bridgehead atoms. The van der Waals surface area contributed by atoms with E-state index in [0.29, 0.717) is 24.6 Å². The summed E-state index contributed by atoms with van der Waals surface area (Å²) in [5.41, 5.74) is 3.27. The Hall–Kier alpha value is -2.84. The molecule has 7 nitrogen and oxygen atoms in total. The van der Waals surface area contributed by atoms with Crippen LogP contribution in [0.1, 0.15) is 56.9 Å². The lowest BCUT2D eigenvalue weighted by molar-refractivity contribution is 0.0723. The number of hydrogen-bond donors (Lipinski definition) is 1. The highest BCUT2D eigenvalue weighted by Crippen LogP contribution is 2.31. The van der Waals surface area contributed by atoms with Gasteiger partial charge in [0.15, 0.2) is 0 Å². The fourth-order valence-corrected chi connectivity index (χ4v) is 5.44. The summed E-state index contributed by atoms with van der Waals surface area (Å²) in [6, 6.07) is 7.26. The van der Waals surface area contributed by atoms with Crippen LogP contribution >= 0.6 is 11.3 Å². The lowest BCUT2D eigenvalue weighted by Crippen LogP contribution is -2.37. The first-order chi connectivity index (χ1) is 15.1. The molecule has 3 aromatic rings. The van der Waals surface area contributed by atoms with Crippen molar-refractivity contribution in [3.63, 3.8) is 0 Å². The average molecular weight is 436 g/mol. The van der Waals surface area contributed by atoms with Gasteiger partial charge >= 0.3 is 0 Å². The van der Waals surface area contributed by atoms with Gasteiger partial charge < -0.3 is 9.88 Å². The van der Waals surface area contributed by atoms with Gasteiger partial charge in [0.05, 0.1) is 17.3 Å². The van der Waals surface area contributed by atoms with Gasteiger partial charge in [-0.2, -0.15) is 0 Å². The van der Waals surface area contributed by atoms with Crippen molar-refractivity contribution in [3.05, 3.63) is 79.4 Å². The molecule has 1 unspecified atom stereocenters. The number of pyridine rings is 1. The number of carbonyl (C=O) groups excluding carboxylic acids is 1. The summed E-state index contributed by atoms with van der Waals surface area (Å²) in [4.78, 5) is 43.4. The van der Waals surface area contributed by atoms with Crippen LogP contribution in [0.3, 0.4) is 0 Å². The number of aryl methyl sites for hydroxylation is 1. The van der Waals surface area contributed by atoms with E-state index in [9.17, 15) is 9.59 Å². The first kappa shape index (κ1) is 20.1. The zero-order valence-electron chi connectivity index (χ0n) is 17.5. The van der Waals surface area contributed by atoms with Crippen LogP contribution < -0.4 is 5.56 Å². The summed E-state index contributed by atoms with van der Waals surface area (Å²) in [6.07, 6.45) is 4.06. The molecule has 3 aromatic heterocycles. The van der Waals surface area contributed by atoms with Crippen LogP contribution in [-0.2, 0) is 19.5 Å². The molecule has 8 heteroatoms. The maximum absolute atomic E-state index is 13.0. The second-order valence-electron chi connectivity index (χ2n) is 8.24. The van der Waals surface area contributed by atoms with Gasteiger partial charge in [-0.1, -0.05) is 6.07 Å². The van der Waals surface area contributed by atoms with E-state index in [4.69, 9.17) is 4.98 Å². The van der Waals surface area contributed by atoms with Crippen LogP contribution in [0.2, 0.25) is 0 Å². The average Bonchev–Trinajstić information content (AvgIpc) is 3.43. The predicted molar refractivity (Wildman–Crippen MR) is 119 cm³/mol. The zero-order valence-corrected chi connectivity index (χ0v) is 18.3. The number of likely N-dealkylation sites (tertiary alicyclic amines) is 1. The van der Waals surface area contributed by atoms with E-state index in [1.807, 2.05) is 6.07 Å². The van der Waals surface area contributed by atoms with Crippen molar-refractivity contribution in [2.24, 2.45) is 0 Å². The van der Waals surface area contributed by atoms with E-state index in [2.05, 4.69) is 33.2 Å². The van der Waals surface area contributed by atoms with Gasteiger partial charge in [0.25, 0.3) is 11.5 Å². The molecule has 1 amide bonds. The molecule has 31 heavy (non-hydrogen) atoms. The molecule has 1 saturated heterocycles. The minimum absolute atomic E-state index is 0.0789. The fraction of sp³-hybridized carbons (Fsp3) is 0.391. The van der Waals surface area contributed by atoms with Gasteiger partial charge in [0.2, 0.25) is 0 Å². The van der Waals surface area contributed by atoms with Crippen LogP contribution in [-0.4, -0.2) is 43.7 Å². The summed E-state index contributed by atoms with van der Waals surface area (Å²) < 4.78 is 0. The molecular weight excluding hydrogens is 410 g/mol. The summed E-state index contributed by atoms with van der Waals surface area (Å²) in [6.45, 7) is 5.12. The minimum Gasteiger partial charge on any atom is -0.327 e. The predicted octanol–water partition coefficient (Wildman–Crippen LogP) is 3.07. The Morgan fingerprint density at radius 3 is 2.97 bits per heavy atom. The van der Waals surface area contributed by atoms with Crippen LogP contribution in [0.4, 0.5) is 0 Å². The molecule has 0 spiro atoms. The van der Waals surface area contributed by atoms with E-state index in [1.165, 1.54) is 10.4 Å². The van der Waals surface area contributed by atoms with Gasteiger partial charge in [0.1, 0.15) is 11.5 Å². The Balaban J connectivity index is 1.37. The molecule has 1 N–H and O–H groups in total. The number of H-pyrrole nitrogens is 1. The van der Waals surface area contributed by atoms with Gasteiger partial charge in [-0.15, -0.1) is 11.3 Å². The number of aromatic amines is 1. The zero-order chi connectivity index (χ0) is 21.4. The number of rotatable bonds is 4. The van der Waals surface area contributed by atoms with Crippen molar-refractivity contribution in [2.75, 3.05) is 13.1 Å². The van der Waals surface area contributed by atoms with Crippen molar-refractivity contribution in [1.29, 1.82) is 0 Å². The van der Waals surface area contributed by atoms with E-state index >= 15 is 0 Å². The Kier molecular flexibility index (Phi) is 5.41. The standard InChI is InChI=1S/C23H25N5O2S/c1-15-8-12-31-20(15)14-27-11-7-17-16(13-27)22(29)26-21(25-17)19-6-4-10-28(19)23(30)18-5-2-3-9-24-18/h2-3,5,8-9,12,19H,4,6-7,10-11,13-14H2,1H3,(H,25,26,29). The van der Waals surface area contributed by atoms with Crippen molar-refractivity contribution >= 4 is 17.2 Å². The summed E-state index contributed by atoms with van der Waals surface area (Å²) in [7, 11) is 0. The number of hydrogen-bond acceptors (Lipinski definition) is 6. The first-order valence-electron chi connectivity index (χ1n) is 10.7. The van der Waals surface area contributed by atoms with Gasteiger partial charge in [-0.25, -0.2) is 4.98 Å². The smallest absolute Gasteiger partial charge is 0.273 e. The molecule has 5 heterocycles. The summed E-state index contributed by atoms with van der Waals surface area (Å²) in [5, 5.41) is 2.11. The quantitative estimate of drug-likeness (QED) is 0.681. The maximum Gasteiger partial charge on any atom is 0.273 e. The third kappa shape index (κ3) is 3.93. The largest absolute Gasteiger partial charge is 0.327 e. The van der Waals surface area contributed by atoms with E-state index in [0.717, 1.165) is 43.6 Å². The normalized spacial score (nSPS) is 18.9. The highest BCUT2D eigenvalue weighted by molar-refractivity contribution is 7.10. The Bertz CT molecular complexity index is 1160. The van der Waals surface area contributed by atoms with Gasteiger partial charge in [-0.3, -0.25) is 19.5 Å². The third-order valence-corrected chi connectivity index (χ3v) is 7.22. The Morgan fingerprint density at radius 1 is 1.29 bits per heavy atom. The second kappa shape index (κ2) is 8.36. The maximum atomic E-state index is 13.0. The molecule has 5 rings (SSSR count). The van der Waals surface area contributed by atoms with Crippen LogP contribution in [0.25, 0.3) is 0 Å². The van der Waals surface area contributed by atoms with Gasteiger partial charge in [0, 0.05) is 43.7 Å². The van der Waals surface area contributed by atoms with Crippen LogP contribution in [0, 0.1) is 6.92 Å². The van der Waals surface area contributed by atoms with Crippen molar-refractivity contribution < 1.29 is 4.79 Å². The van der Waals surface area contributed by atoms with E-state index in [-0.39, 0.29) is 17.5 Å². The minimum atomic E-state index is -0.209. The lowest BCUT2D eigenvalue weighted by Gasteiger charge is -2.29. The second-order valence-corrected chi connectivity index (χ2v) is 9.24. The van der Waals surface area contributed by atoms with Crippen LogP contribution in [0.15, 0.2) is 40.6 Å². The van der Waals surface area contributed by atoms with Crippen LogP contribution in [0.5, 0.6) is 0 Å². The summed E-state index contributed by atoms with van der Waals surface area (Å²) >= 11 is 1.76. The molecule has 0 aromatic carbocycles. The number of nitrogens with zero attached hydrogens (tertiary/aromatic N) is 4. The van der Waals surface area contributed by atoms with Crippen molar-refractivity contribution in [2.45, 2.75) is 45.3 Å². The van der Waals surface area contributed by atoms with E-state index < -0.39 is 0 Å². The van der Waals surface area contributed by atoms with Crippen molar-refractivity contribution in [3.8, 4) is 0 Å². The molecule has 160 valence electrons. The number of fused-ring (bicyclic) bond motifs is 1. The molecule has 1 atom stereocenters. The third-order valence-electron chi connectivity index (χ3n) is 6.21. The number of aromatic nitrogens is 3. The molecular formula is C23H25N5O2S. The molecule has 2 aliphatic rings. The number of thiophene rings is 1. The summed E-state index contributed by atoms with van der Waals surface area (Å²) in [5.74, 6) is 0.494. The van der Waals surface area contributed by atoms with Crippen molar-refractivity contribution in [1.82, 2.24) is 24.8 Å². The SMILES string of the molecule is Cc1ccsc1CN1CCc2nc(C3CCCN3C(=O)c3ccccn3)[nH]c(=O)c2C1. The molecule has 0 radical (unpaired) electrons. The number of amides is 1. The topological polar surface area (TPSA) is 82.2 Å². The highest BCUT2D eigenvalue weighted by Gasteiger charge is 2.34. The number of nitrogens with one attached hydrogen (secondary N) is 1. The lowest BCUT2D eigenvalue weighted by atomic mass is 10.1. The molecule has 0 saturated carbocycles. The Labute approximate surface area is 184 Å². The highest BCUT2D eigenvalue weighted by atomic mass is 32.1. The van der Waals surface area contributed by atoms with E-state index in [1.54, 1.807) is 34.6 Å². The fourth-order valence-electron chi connectivity index (χ4n) is 4.49.